The molecule has 0 radical (unpaired) electrons. The Hall–Kier alpha value is -3.56. The van der Waals surface area contributed by atoms with Crippen LogP contribution in [-0.2, 0) is 32.6 Å². The second-order valence-electron chi connectivity index (χ2n) is 11.0. The summed E-state index contributed by atoms with van der Waals surface area (Å²) in [4.78, 5) is 29.4. The Labute approximate surface area is 260 Å². The lowest BCUT2D eigenvalue weighted by atomic mass is 10.0. The fourth-order valence-corrected chi connectivity index (χ4v) is 6.73. The molecule has 4 rings (SSSR count). The van der Waals surface area contributed by atoms with Crippen molar-refractivity contribution < 1.29 is 22.7 Å². The van der Waals surface area contributed by atoms with Gasteiger partial charge < -0.3 is 15.0 Å². The van der Waals surface area contributed by atoms with Gasteiger partial charge in [-0.25, -0.2) is 8.42 Å². The van der Waals surface area contributed by atoms with Crippen LogP contribution in [-0.4, -0.2) is 57.1 Å². The molecule has 3 aromatic carbocycles. The molecule has 0 aliphatic heterocycles. The number of benzene rings is 3. The number of ether oxygens (including phenoxy) is 1. The van der Waals surface area contributed by atoms with Gasteiger partial charge in [0, 0.05) is 32.0 Å². The van der Waals surface area contributed by atoms with Crippen LogP contribution in [0.15, 0.2) is 78.9 Å². The summed E-state index contributed by atoms with van der Waals surface area (Å²) < 4.78 is 31.9. The van der Waals surface area contributed by atoms with Crippen LogP contribution in [0.3, 0.4) is 0 Å². The minimum Gasteiger partial charge on any atom is -0.495 e. The lowest BCUT2D eigenvalue weighted by molar-refractivity contribution is -0.141. The third-order valence-corrected chi connectivity index (χ3v) is 9.23. The van der Waals surface area contributed by atoms with Crippen molar-refractivity contribution in [2.75, 3.05) is 24.2 Å². The molecule has 230 valence electrons. The number of halogens is 1. The standard InChI is InChI=1S/C33H40ClN3O5S/c1-42-31-20-19-28(23-29(31)34)37(43(2,40)41)21-11-18-32(38)36(24-26-14-7-4-8-15-26)30(22-25-12-5-3-6-13-25)33(39)35-27-16-9-10-17-27/h3-8,12-15,19-20,23,27,30H,9-11,16-18,21-22,24H2,1-2H3,(H,35,39)/t30-/m0/s1. The summed E-state index contributed by atoms with van der Waals surface area (Å²) in [6.45, 7) is 0.336. The molecule has 1 fully saturated rings. The van der Waals surface area contributed by atoms with Crippen LogP contribution in [0.4, 0.5) is 5.69 Å². The molecule has 0 unspecified atom stereocenters. The zero-order valence-corrected chi connectivity index (χ0v) is 26.3. The van der Waals surface area contributed by atoms with Gasteiger partial charge in [0.2, 0.25) is 21.8 Å². The van der Waals surface area contributed by atoms with E-state index in [1.165, 1.54) is 17.5 Å². The molecule has 43 heavy (non-hydrogen) atoms. The van der Waals surface area contributed by atoms with Crippen LogP contribution in [0.5, 0.6) is 5.75 Å². The van der Waals surface area contributed by atoms with Crippen molar-refractivity contribution in [3.63, 3.8) is 0 Å². The molecule has 0 saturated heterocycles. The van der Waals surface area contributed by atoms with E-state index in [1.807, 2.05) is 60.7 Å². The molecule has 1 saturated carbocycles. The molecule has 1 aliphatic rings. The molecular formula is C33H40ClN3O5S. The highest BCUT2D eigenvalue weighted by Gasteiger charge is 2.32. The molecule has 1 aliphatic carbocycles. The number of hydrogen-bond donors (Lipinski definition) is 1. The third-order valence-electron chi connectivity index (χ3n) is 7.74. The number of amides is 2. The number of rotatable bonds is 14. The van der Waals surface area contributed by atoms with Crippen LogP contribution >= 0.6 is 11.6 Å². The maximum Gasteiger partial charge on any atom is 0.243 e. The maximum atomic E-state index is 14.0. The van der Waals surface area contributed by atoms with Crippen molar-refractivity contribution in [2.45, 2.75) is 63.6 Å². The number of anilines is 1. The lowest BCUT2D eigenvalue weighted by Crippen LogP contribution is -2.52. The minimum absolute atomic E-state index is 0.0603. The Balaban J connectivity index is 1.57. The van der Waals surface area contributed by atoms with Crippen molar-refractivity contribution in [1.82, 2.24) is 10.2 Å². The first-order valence-electron chi connectivity index (χ1n) is 14.6. The summed E-state index contributed by atoms with van der Waals surface area (Å²) in [5.74, 6) is 0.0594. The van der Waals surface area contributed by atoms with Gasteiger partial charge in [-0.15, -0.1) is 0 Å². The van der Waals surface area contributed by atoms with Gasteiger partial charge in [0.25, 0.3) is 0 Å². The number of sulfonamides is 1. The first kappa shape index (κ1) is 32.4. The lowest BCUT2D eigenvalue weighted by Gasteiger charge is -2.33. The van der Waals surface area contributed by atoms with E-state index in [0.717, 1.165) is 43.1 Å². The Morgan fingerprint density at radius 2 is 1.60 bits per heavy atom. The van der Waals surface area contributed by atoms with Gasteiger partial charge in [-0.3, -0.25) is 13.9 Å². The van der Waals surface area contributed by atoms with Gasteiger partial charge in [0.05, 0.1) is 24.1 Å². The Bertz CT molecular complexity index is 1460. The summed E-state index contributed by atoms with van der Waals surface area (Å²) in [7, 11) is -2.17. The monoisotopic (exact) mass is 625 g/mol. The van der Waals surface area contributed by atoms with Gasteiger partial charge in [-0.1, -0.05) is 85.1 Å². The minimum atomic E-state index is -3.66. The third kappa shape index (κ3) is 9.21. The van der Waals surface area contributed by atoms with E-state index >= 15 is 0 Å². The molecule has 0 bridgehead atoms. The van der Waals surface area contributed by atoms with E-state index < -0.39 is 16.1 Å². The van der Waals surface area contributed by atoms with Crippen molar-refractivity contribution in [3.05, 3.63) is 95.0 Å². The summed E-state index contributed by atoms with van der Waals surface area (Å²) >= 11 is 6.27. The molecule has 0 spiro atoms. The van der Waals surface area contributed by atoms with E-state index in [4.69, 9.17) is 16.3 Å². The molecular weight excluding hydrogens is 586 g/mol. The Morgan fingerprint density at radius 3 is 2.19 bits per heavy atom. The molecule has 0 heterocycles. The fraction of sp³-hybridized carbons (Fsp3) is 0.394. The molecule has 2 amide bonds. The smallest absolute Gasteiger partial charge is 0.243 e. The zero-order chi connectivity index (χ0) is 30.8. The summed E-state index contributed by atoms with van der Waals surface area (Å²) in [6, 6.07) is 23.5. The summed E-state index contributed by atoms with van der Waals surface area (Å²) in [5, 5.41) is 3.50. The van der Waals surface area contributed by atoms with Crippen LogP contribution in [0.1, 0.15) is 49.7 Å². The van der Waals surface area contributed by atoms with Crippen LogP contribution in [0, 0.1) is 0 Å². The molecule has 0 aromatic heterocycles. The van der Waals surface area contributed by atoms with E-state index in [1.54, 1.807) is 17.0 Å². The topological polar surface area (TPSA) is 96.0 Å². The second-order valence-corrected chi connectivity index (χ2v) is 13.3. The number of carbonyl (C=O) groups is 2. The van der Waals surface area contributed by atoms with Crippen molar-refractivity contribution in [3.8, 4) is 5.75 Å². The average Bonchev–Trinajstić information content (AvgIpc) is 3.50. The average molecular weight is 626 g/mol. The van der Waals surface area contributed by atoms with E-state index in [9.17, 15) is 18.0 Å². The molecule has 8 nitrogen and oxygen atoms in total. The molecule has 1 N–H and O–H groups in total. The van der Waals surface area contributed by atoms with E-state index in [2.05, 4.69) is 5.32 Å². The predicted molar refractivity (Wildman–Crippen MR) is 171 cm³/mol. The molecule has 1 atom stereocenters. The van der Waals surface area contributed by atoms with Crippen LogP contribution < -0.4 is 14.4 Å². The van der Waals surface area contributed by atoms with Crippen molar-refractivity contribution >= 4 is 39.1 Å². The molecule has 10 heteroatoms. The van der Waals surface area contributed by atoms with Crippen LogP contribution in [0.2, 0.25) is 5.02 Å². The van der Waals surface area contributed by atoms with Crippen molar-refractivity contribution in [1.29, 1.82) is 0 Å². The van der Waals surface area contributed by atoms with Crippen LogP contribution in [0.25, 0.3) is 0 Å². The highest BCUT2D eigenvalue weighted by atomic mass is 35.5. The fourth-order valence-electron chi connectivity index (χ4n) is 5.52. The quantitative estimate of drug-likeness (QED) is 0.252. The zero-order valence-electron chi connectivity index (χ0n) is 24.7. The van der Waals surface area contributed by atoms with Gasteiger partial charge in [0.15, 0.2) is 0 Å². The highest BCUT2D eigenvalue weighted by Crippen LogP contribution is 2.30. The van der Waals surface area contributed by atoms with Crippen molar-refractivity contribution in [2.24, 2.45) is 0 Å². The van der Waals surface area contributed by atoms with Gasteiger partial charge in [-0.2, -0.15) is 0 Å². The first-order valence-corrected chi connectivity index (χ1v) is 16.9. The maximum absolute atomic E-state index is 14.0. The largest absolute Gasteiger partial charge is 0.495 e. The number of hydrogen-bond acceptors (Lipinski definition) is 5. The molecule has 3 aromatic rings. The normalized spacial score (nSPS) is 14.2. The Kier molecular flexibility index (Phi) is 11.5. The number of nitrogens with zero attached hydrogens (tertiary/aromatic N) is 2. The predicted octanol–water partition coefficient (Wildman–Crippen LogP) is 5.59. The summed E-state index contributed by atoms with van der Waals surface area (Å²) in [6.07, 6.45) is 5.85. The van der Waals surface area contributed by atoms with Gasteiger partial charge in [-0.05, 0) is 48.6 Å². The van der Waals surface area contributed by atoms with E-state index in [-0.39, 0.29) is 48.8 Å². The Morgan fingerprint density at radius 1 is 0.977 bits per heavy atom. The first-order chi connectivity index (χ1) is 20.7. The highest BCUT2D eigenvalue weighted by molar-refractivity contribution is 7.92. The number of carbonyl (C=O) groups excluding carboxylic acids is 2. The van der Waals surface area contributed by atoms with E-state index in [0.29, 0.717) is 17.9 Å². The van der Waals surface area contributed by atoms with Gasteiger partial charge >= 0.3 is 0 Å². The number of nitrogens with one attached hydrogen (secondary N) is 1. The second kappa shape index (κ2) is 15.3. The SMILES string of the molecule is COc1ccc(N(CCCC(=O)N(Cc2ccccc2)[C@@H](Cc2ccccc2)C(=O)NC2CCCC2)S(C)(=O)=O)cc1Cl. The van der Waals surface area contributed by atoms with Gasteiger partial charge in [0.1, 0.15) is 11.8 Å². The number of methoxy groups -OCH3 is 1. The summed E-state index contributed by atoms with van der Waals surface area (Å²) in [5.41, 5.74) is 2.26.